The van der Waals surface area contributed by atoms with Crippen molar-refractivity contribution in [1.82, 2.24) is 4.90 Å². The smallest absolute Gasteiger partial charge is 0.254 e. The predicted molar refractivity (Wildman–Crippen MR) is 99.0 cm³/mol. The molecule has 4 rings (SSSR count). The lowest BCUT2D eigenvalue weighted by Gasteiger charge is -2.29. The lowest BCUT2D eigenvalue weighted by molar-refractivity contribution is 0.0734. The van der Waals surface area contributed by atoms with Crippen molar-refractivity contribution in [2.24, 2.45) is 0 Å². The Kier molecular flexibility index (Phi) is 4.45. The third kappa shape index (κ3) is 3.27. The van der Waals surface area contributed by atoms with Gasteiger partial charge in [0.25, 0.3) is 5.91 Å². The topological polar surface area (TPSA) is 32.8 Å². The zero-order chi connectivity index (χ0) is 17.2. The lowest BCUT2D eigenvalue weighted by Crippen LogP contribution is -2.35. The number of rotatable bonds is 3. The van der Waals surface area contributed by atoms with Crippen LogP contribution >= 0.6 is 0 Å². The molecule has 25 heavy (non-hydrogen) atoms. The maximum absolute atomic E-state index is 12.8. The van der Waals surface area contributed by atoms with Gasteiger partial charge in [0, 0.05) is 44.5 Å². The van der Waals surface area contributed by atoms with Gasteiger partial charge in [0.1, 0.15) is 0 Å². The van der Waals surface area contributed by atoms with E-state index in [0.29, 0.717) is 12.6 Å². The standard InChI is InChI=1S/C21H24N2O2/c1-25-20-11-13-22(15-20)19-8-6-17(7-9-19)21(24)23-12-10-16-4-2-3-5-18(16)14-23/h2-9,20H,10-15H2,1H3. The van der Waals surface area contributed by atoms with Crippen LogP contribution in [0.25, 0.3) is 0 Å². The summed E-state index contributed by atoms with van der Waals surface area (Å²) in [6.45, 7) is 3.43. The van der Waals surface area contributed by atoms with Gasteiger partial charge in [-0.3, -0.25) is 4.79 Å². The van der Waals surface area contributed by atoms with Crippen molar-refractivity contribution < 1.29 is 9.53 Å². The minimum Gasteiger partial charge on any atom is -0.380 e. The number of anilines is 1. The number of carbonyl (C=O) groups is 1. The van der Waals surface area contributed by atoms with E-state index >= 15 is 0 Å². The van der Waals surface area contributed by atoms with Gasteiger partial charge in [-0.1, -0.05) is 24.3 Å². The summed E-state index contributed by atoms with van der Waals surface area (Å²) in [5.41, 5.74) is 4.57. The van der Waals surface area contributed by atoms with E-state index < -0.39 is 0 Å². The molecule has 0 aliphatic carbocycles. The molecule has 0 N–H and O–H groups in total. The van der Waals surface area contributed by atoms with Gasteiger partial charge in [0.15, 0.2) is 0 Å². The second kappa shape index (κ2) is 6.89. The molecule has 0 aromatic heterocycles. The van der Waals surface area contributed by atoms with Crippen LogP contribution in [-0.4, -0.2) is 43.7 Å². The van der Waals surface area contributed by atoms with Crippen molar-refractivity contribution in [3.63, 3.8) is 0 Å². The molecule has 2 aromatic carbocycles. The quantitative estimate of drug-likeness (QED) is 0.863. The molecule has 1 fully saturated rings. The minimum atomic E-state index is 0.122. The third-order valence-electron chi connectivity index (χ3n) is 5.38. The van der Waals surface area contributed by atoms with Gasteiger partial charge in [-0.2, -0.15) is 0 Å². The Morgan fingerprint density at radius 2 is 1.80 bits per heavy atom. The number of amides is 1. The number of nitrogens with zero attached hydrogens (tertiary/aromatic N) is 2. The number of ether oxygens (including phenoxy) is 1. The number of benzene rings is 2. The molecular formula is C21H24N2O2. The number of methoxy groups -OCH3 is 1. The Hall–Kier alpha value is -2.33. The molecule has 1 saturated heterocycles. The molecule has 0 spiro atoms. The van der Waals surface area contributed by atoms with Gasteiger partial charge >= 0.3 is 0 Å². The van der Waals surface area contributed by atoms with Gasteiger partial charge in [0.2, 0.25) is 0 Å². The van der Waals surface area contributed by atoms with Gasteiger partial charge in [-0.25, -0.2) is 0 Å². The van der Waals surface area contributed by atoms with Crippen LogP contribution in [0.5, 0.6) is 0 Å². The molecule has 0 bridgehead atoms. The molecule has 4 heteroatoms. The highest BCUT2D eigenvalue weighted by atomic mass is 16.5. The average molecular weight is 336 g/mol. The zero-order valence-electron chi connectivity index (χ0n) is 14.6. The Balaban J connectivity index is 1.45. The maximum Gasteiger partial charge on any atom is 0.254 e. The van der Waals surface area contributed by atoms with Crippen LogP contribution < -0.4 is 4.90 Å². The Morgan fingerprint density at radius 1 is 1.04 bits per heavy atom. The fourth-order valence-electron chi connectivity index (χ4n) is 3.82. The van der Waals surface area contributed by atoms with Crippen molar-refractivity contribution in [3.8, 4) is 0 Å². The molecule has 1 unspecified atom stereocenters. The van der Waals surface area contributed by atoms with Gasteiger partial charge < -0.3 is 14.5 Å². The fraction of sp³-hybridized carbons (Fsp3) is 0.381. The number of hydrogen-bond acceptors (Lipinski definition) is 3. The second-order valence-corrected chi connectivity index (χ2v) is 6.88. The monoisotopic (exact) mass is 336 g/mol. The Morgan fingerprint density at radius 3 is 2.52 bits per heavy atom. The van der Waals surface area contributed by atoms with E-state index in [9.17, 15) is 4.79 Å². The fourth-order valence-corrected chi connectivity index (χ4v) is 3.82. The average Bonchev–Trinajstić information content (AvgIpc) is 3.16. The van der Waals surface area contributed by atoms with Crippen LogP contribution in [0.4, 0.5) is 5.69 Å². The van der Waals surface area contributed by atoms with Crippen molar-refractivity contribution >= 4 is 11.6 Å². The van der Waals surface area contributed by atoms with E-state index in [2.05, 4.69) is 35.2 Å². The molecule has 2 aromatic rings. The highest BCUT2D eigenvalue weighted by molar-refractivity contribution is 5.94. The Bertz CT molecular complexity index is 757. The van der Waals surface area contributed by atoms with E-state index in [4.69, 9.17) is 4.74 Å². The van der Waals surface area contributed by atoms with Crippen LogP contribution in [0.1, 0.15) is 27.9 Å². The van der Waals surface area contributed by atoms with Gasteiger partial charge in [-0.05, 0) is 48.2 Å². The number of hydrogen-bond donors (Lipinski definition) is 0. The summed E-state index contributed by atoms with van der Waals surface area (Å²) >= 11 is 0. The number of carbonyl (C=O) groups excluding carboxylic acids is 1. The first-order chi connectivity index (χ1) is 12.2. The van der Waals surface area contributed by atoms with Crippen molar-refractivity contribution in [1.29, 1.82) is 0 Å². The van der Waals surface area contributed by atoms with E-state index in [-0.39, 0.29) is 5.91 Å². The Labute approximate surface area is 149 Å². The maximum atomic E-state index is 12.8. The highest BCUT2D eigenvalue weighted by Crippen LogP contribution is 2.24. The van der Waals surface area contributed by atoms with E-state index in [1.165, 1.54) is 16.8 Å². The summed E-state index contributed by atoms with van der Waals surface area (Å²) in [6.07, 6.45) is 2.31. The SMILES string of the molecule is COC1CCN(c2ccc(C(=O)N3CCc4ccccc4C3)cc2)C1. The first-order valence-electron chi connectivity index (χ1n) is 8.98. The van der Waals surface area contributed by atoms with Crippen molar-refractivity contribution in [2.45, 2.75) is 25.5 Å². The first-order valence-corrected chi connectivity index (χ1v) is 8.98. The van der Waals surface area contributed by atoms with Gasteiger partial charge in [-0.15, -0.1) is 0 Å². The largest absolute Gasteiger partial charge is 0.380 e. The summed E-state index contributed by atoms with van der Waals surface area (Å²) in [6, 6.07) is 16.4. The molecule has 130 valence electrons. The van der Waals surface area contributed by atoms with Crippen LogP contribution in [0.15, 0.2) is 48.5 Å². The van der Waals surface area contributed by atoms with E-state index in [1.807, 2.05) is 23.1 Å². The summed E-state index contributed by atoms with van der Waals surface area (Å²) in [5.74, 6) is 0.122. The molecule has 4 nitrogen and oxygen atoms in total. The lowest BCUT2D eigenvalue weighted by atomic mass is 9.99. The van der Waals surface area contributed by atoms with Crippen LogP contribution in [0.2, 0.25) is 0 Å². The normalized spacial score (nSPS) is 19.8. The van der Waals surface area contributed by atoms with Crippen molar-refractivity contribution in [3.05, 3.63) is 65.2 Å². The van der Waals surface area contributed by atoms with Crippen molar-refractivity contribution in [2.75, 3.05) is 31.6 Å². The van der Waals surface area contributed by atoms with Gasteiger partial charge in [0.05, 0.1) is 6.10 Å². The molecule has 1 atom stereocenters. The zero-order valence-corrected chi connectivity index (χ0v) is 14.6. The highest BCUT2D eigenvalue weighted by Gasteiger charge is 2.24. The minimum absolute atomic E-state index is 0.122. The second-order valence-electron chi connectivity index (χ2n) is 6.88. The predicted octanol–water partition coefficient (Wildman–Crippen LogP) is 3.11. The van der Waals surface area contributed by atoms with Crippen LogP contribution in [0, 0.1) is 0 Å². The summed E-state index contributed by atoms with van der Waals surface area (Å²) < 4.78 is 5.43. The molecule has 2 heterocycles. The molecule has 2 aliphatic heterocycles. The summed E-state index contributed by atoms with van der Waals surface area (Å²) in [4.78, 5) is 17.1. The van der Waals surface area contributed by atoms with E-state index in [1.54, 1.807) is 7.11 Å². The summed E-state index contributed by atoms with van der Waals surface area (Å²) in [7, 11) is 1.77. The molecule has 0 saturated carbocycles. The molecule has 2 aliphatic rings. The van der Waals surface area contributed by atoms with E-state index in [0.717, 1.165) is 38.0 Å². The van der Waals surface area contributed by atoms with Crippen LogP contribution in [-0.2, 0) is 17.7 Å². The molecule has 1 amide bonds. The molecule has 0 radical (unpaired) electrons. The van der Waals surface area contributed by atoms with Crippen LogP contribution in [0.3, 0.4) is 0 Å². The third-order valence-corrected chi connectivity index (χ3v) is 5.38. The summed E-state index contributed by atoms with van der Waals surface area (Å²) in [5, 5.41) is 0. The molecular weight excluding hydrogens is 312 g/mol. The number of fused-ring (bicyclic) bond motifs is 1. The first kappa shape index (κ1) is 16.2.